The highest BCUT2D eigenvalue weighted by atomic mass is 35.5. The summed E-state index contributed by atoms with van der Waals surface area (Å²) < 4.78 is 67.5. The Morgan fingerprint density at radius 1 is 0.913 bits per heavy atom. The molecule has 0 spiro atoms. The van der Waals surface area contributed by atoms with Gasteiger partial charge in [0.25, 0.3) is 0 Å². The molecule has 0 saturated carbocycles. The molecule has 0 heterocycles. The van der Waals surface area contributed by atoms with Gasteiger partial charge in [0.2, 0.25) is 0 Å². The summed E-state index contributed by atoms with van der Waals surface area (Å²) in [6.07, 6.45) is -5.95. The van der Waals surface area contributed by atoms with Gasteiger partial charge in [-0.15, -0.1) is 0 Å². The van der Waals surface area contributed by atoms with E-state index >= 15 is 0 Å². The van der Waals surface area contributed by atoms with Crippen molar-refractivity contribution in [2.24, 2.45) is 0 Å². The number of aliphatic hydroxyl groups is 1. The minimum atomic E-state index is -5.95. The van der Waals surface area contributed by atoms with E-state index in [-0.39, 0.29) is 10.6 Å². The van der Waals surface area contributed by atoms with Gasteiger partial charge in [-0.1, -0.05) is 48.0 Å². The van der Waals surface area contributed by atoms with Crippen molar-refractivity contribution in [1.82, 2.24) is 0 Å². The second-order valence-corrected chi connectivity index (χ2v) is 5.54. The first-order valence-electron chi connectivity index (χ1n) is 6.51. The molecule has 2 aromatic rings. The molecule has 1 N–H and O–H groups in total. The molecule has 0 aliphatic rings. The molecule has 2 aromatic carbocycles. The minimum Gasteiger partial charge on any atom is -0.374 e. The highest BCUT2D eigenvalue weighted by Gasteiger charge is 2.71. The van der Waals surface area contributed by atoms with E-state index in [1.54, 1.807) is 0 Å². The molecule has 23 heavy (non-hydrogen) atoms. The van der Waals surface area contributed by atoms with Crippen LogP contribution in [0.4, 0.5) is 22.0 Å². The lowest BCUT2D eigenvalue weighted by molar-refractivity contribution is -0.336. The third-order valence-electron chi connectivity index (χ3n) is 3.59. The van der Waals surface area contributed by atoms with Crippen LogP contribution < -0.4 is 0 Å². The fourth-order valence-electron chi connectivity index (χ4n) is 2.40. The zero-order valence-corrected chi connectivity index (χ0v) is 12.6. The SMILES string of the molecule is Cc1ccccc1C(O)(c1cccc(Cl)c1)C(F)(F)C(F)(F)F. The summed E-state index contributed by atoms with van der Waals surface area (Å²) in [7, 11) is 0. The first-order valence-corrected chi connectivity index (χ1v) is 6.88. The second-order valence-electron chi connectivity index (χ2n) is 5.11. The molecule has 1 nitrogen and oxygen atoms in total. The Balaban J connectivity index is 2.83. The molecule has 0 amide bonds. The lowest BCUT2D eigenvalue weighted by Crippen LogP contribution is -2.55. The molecule has 0 fully saturated rings. The number of halogens is 6. The zero-order valence-electron chi connectivity index (χ0n) is 11.8. The Labute approximate surface area is 134 Å². The van der Waals surface area contributed by atoms with Crippen molar-refractivity contribution in [3.63, 3.8) is 0 Å². The van der Waals surface area contributed by atoms with Crippen molar-refractivity contribution in [3.8, 4) is 0 Å². The van der Waals surface area contributed by atoms with Crippen LogP contribution in [0.3, 0.4) is 0 Å². The summed E-state index contributed by atoms with van der Waals surface area (Å²) >= 11 is 5.71. The maximum atomic E-state index is 14.2. The highest BCUT2D eigenvalue weighted by molar-refractivity contribution is 6.30. The van der Waals surface area contributed by atoms with E-state index in [1.807, 2.05) is 0 Å². The van der Waals surface area contributed by atoms with Gasteiger partial charge in [0.05, 0.1) is 0 Å². The van der Waals surface area contributed by atoms with Gasteiger partial charge in [-0.25, -0.2) is 0 Å². The van der Waals surface area contributed by atoms with Crippen molar-refractivity contribution in [2.75, 3.05) is 0 Å². The molecule has 2 rings (SSSR count). The van der Waals surface area contributed by atoms with E-state index in [0.717, 1.165) is 18.2 Å². The lowest BCUT2D eigenvalue weighted by Gasteiger charge is -2.38. The van der Waals surface area contributed by atoms with Crippen LogP contribution in [-0.2, 0) is 5.60 Å². The van der Waals surface area contributed by atoms with E-state index in [1.165, 1.54) is 37.3 Å². The standard InChI is InChI=1S/C16H12ClF5O/c1-10-5-2-3-8-13(10)14(23,15(18,19)16(20,21)22)11-6-4-7-12(17)9-11/h2-9,23H,1H3. The van der Waals surface area contributed by atoms with Gasteiger partial charge >= 0.3 is 12.1 Å². The van der Waals surface area contributed by atoms with E-state index in [9.17, 15) is 27.1 Å². The van der Waals surface area contributed by atoms with Gasteiger partial charge in [-0.05, 0) is 35.7 Å². The molecule has 0 saturated heterocycles. The Bertz CT molecular complexity index is 714. The second kappa shape index (κ2) is 5.76. The number of rotatable bonds is 3. The summed E-state index contributed by atoms with van der Waals surface area (Å²) in [5, 5.41) is 10.5. The van der Waals surface area contributed by atoms with Crippen LogP contribution >= 0.6 is 11.6 Å². The number of alkyl halides is 5. The maximum absolute atomic E-state index is 14.2. The Kier molecular flexibility index (Phi) is 4.43. The fraction of sp³-hybridized carbons (Fsp3) is 0.250. The minimum absolute atomic E-state index is 0.0625. The lowest BCUT2D eigenvalue weighted by atomic mass is 9.78. The van der Waals surface area contributed by atoms with E-state index in [4.69, 9.17) is 11.6 Å². The van der Waals surface area contributed by atoms with Crippen LogP contribution in [0, 0.1) is 6.92 Å². The third-order valence-corrected chi connectivity index (χ3v) is 3.82. The first kappa shape index (κ1) is 17.7. The summed E-state index contributed by atoms with van der Waals surface area (Å²) in [6, 6.07) is 9.54. The smallest absolute Gasteiger partial charge is 0.374 e. The Morgan fingerprint density at radius 3 is 2.04 bits per heavy atom. The third kappa shape index (κ3) is 2.81. The quantitative estimate of drug-likeness (QED) is 0.765. The van der Waals surface area contributed by atoms with Gasteiger partial charge in [0.1, 0.15) is 0 Å². The molecule has 124 valence electrons. The van der Waals surface area contributed by atoms with Crippen LogP contribution in [0.2, 0.25) is 5.02 Å². The number of benzene rings is 2. The molecule has 7 heteroatoms. The fourth-order valence-corrected chi connectivity index (χ4v) is 2.59. The van der Waals surface area contributed by atoms with E-state index < -0.39 is 28.8 Å². The number of aryl methyl sites for hydroxylation is 1. The van der Waals surface area contributed by atoms with Crippen LogP contribution in [0.1, 0.15) is 16.7 Å². The molecule has 0 aromatic heterocycles. The van der Waals surface area contributed by atoms with Crippen molar-refractivity contribution < 1.29 is 27.1 Å². The predicted molar refractivity (Wildman–Crippen MR) is 76.6 cm³/mol. The van der Waals surface area contributed by atoms with Crippen LogP contribution in [-0.4, -0.2) is 17.2 Å². The largest absolute Gasteiger partial charge is 0.457 e. The summed E-state index contributed by atoms with van der Waals surface area (Å²) in [5.74, 6) is -5.42. The van der Waals surface area contributed by atoms with Crippen molar-refractivity contribution in [3.05, 3.63) is 70.2 Å². The molecule has 0 aliphatic carbocycles. The van der Waals surface area contributed by atoms with Crippen molar-refractivity contribution in [1.29, 1.82) is 0 Å². The average Bonchev–Trinajstić information content (AvgIpc) is 2.45. The molecular weight excluding hydrogens is 339 g/mol. The highest BCUT2D eigenvalue weighted by Crippen LogP contribution is 2.52. The van der Waals surface area contributed by atoms with Crippen LogP contribution in [0.5, 0.6) is 0 Å². The molecule has 0 aliphatic heterocycles. The van der Waals surface area contributed by atoms with Crippen LogP contribution in [0.15, 0.2) is 48.5 Å². The molecule has 1 unspecified atom stereocenters. The zero-order chi connectivity index (χ0) is 17.5. The van der Waals surface area contributed by atoms with Crippen molar-refractivity contribution >= 4 is 11.6 Å². The normalized spacial score (nSPS) is 15.3. The predicted octanol–water partition coefficient (Wildman–Crippen LogP) is 5.08. The molecule has 0 bridgehead atoms. The Hall–Kier alpha value is -1.66. The van der Waals surface area contributed by atoms with Crippen molar-refractivity contribution in [2.45, 2.75) is 24.6 Å². The van der Waals surface area contributed by atoms with Gasteiger partial charge < -0.3 is 5.11 Å². The summed E-state index contributed by atoms with van der Waals surface area (Å²) in [4.78, 5) is 0. The summed E-state index contributed by atoms with van der Waals surface area (Å²) in [5.41, 5.74) is -4.67. The number of hydrogen-bond acceptors (Lipinski definition) is 1. The number of hydrogen-bond donors (Lipinski definition) is 1. The van der Waals surface area contributed by atoms with Gasteiger partial charge in [0.15, 0.2) is 5.60 Å². The van der Waals surface area contributed by atoms with Gasteiger partial charge in [-0.2, -0.15) is 22.0 Å². The molecule has 0 radical (unpaired) electrons. The van der Waals surface area contributed by atoms with Gasteiger partial charge in [-0.3, -0.25) is 0 Å². The van der Waals surface area contributed by atoms with Crippen LogP contribution in [0.25, 0.3) is 0 Å². The van der Waals surface area contributed by atoms with E-state index in [0.29, 0.717) is 0 Å². The first-order chi connectivity index (χ1) is 10.5. The summed E-state index contributed by atoms with van der Waals surface area (Å²) in [6.45, 7) is 1.34. The van der Waals surface area contributed by atoms with E-state index in [2.05, 4.69) is 0 Å². The maximum Gasteiger partial charge on any atom is 0.457 e. The monoisotopic (exact) mass is 350 g/mol. The Morgan fingerprint density at radius 2 is 1.52 bits per heavy atom. The topological polar surface area (TPSA) is 20.2 Å². The molecular formula is C16H12ClF5O. The molecule has 1 atom stereocenters. The van der Waals surface area contributed by atoms with Gasteiger partial charge in [0, 0.05) is 5.02 Å². The average molecular weight is 351 g/mol.